The van der Waals surface area contributed by atoms with Gasteiger partial charge in [-0.1, -0.05) is 0 Å². The number of rotatable bonds is 6. The predicted molar refractivity (Wildman–Crippen MR) is 116 cm³/mol. The second-order valence-corrected chi connectivity index (χ2v) is 10.2. The van der Waals surface area contributed by atoms with Gasteiger partial charge in [0.05, 0.1) is 10.4 Å². The summed E-state index contributed by atoms with van der Waals surface area (Å²) in [7, 11) is -3.84. The van der Waals surface area contributed by atoms with E-state index in [0.717, 1.165) is 18.5 Å². The average Bonchev–Trinajstić information content (AvgIpc) is 3.45. The number of hydrogen-bond acceptors (Lipinski definition) is 6. The molecule has 2 heterocycles. The minimum absolute atomic E-state index is 0.0132. The standard InChI is InChI=1S/C21H24N6O3S/c1-21(2,3)27-18(14-5-6-14)13-17(25-27)19(28)24-15-7-9-16(10-8-15)31(29,30)26-20-22-11-4-12-23-20/h4,7-14H,5-6H2,1-3H3,(H,24,28)(H,22,23,26). The van der Waals surface area contributed by atoms with E-state index in [2.05, 4.69) is 45.9 Å². The van der Waals surface area contributed by atoms with Gasteiger partial charge in [0.15, 0.2) is 5.69 Å². The Bertz CT molecular complexity index is 1190. The highest BCUT2D eigenvalue weighted by atomic mass is 32.2. The van der Waals surface area contributed by atoms with Gasteiger partial charge in [-0.2, -0.15) is 5.10 Å². The van der Waals surface area contributed by atoms with Gasteiger partial charge in [-0.05, 0) is 70.0 Å². The summed E-state index contributed by atoms with van der Waals surface area (Å²) in [6.07, 6.45) is 5.11. The number of anilines is 2. The maximum absolute atomic E-state index is 12.7. The third-order valence-electron chi connectivity index (χ3n) is 4.81. The summed E-state index contributed by atoms with van der Waals surface area (Å²) in [5.74, 6) is 0.107. The number of nitrogens with zero attached hydrogens (tertiary/aromatic N) is 4. The van der Waals surface area contributed by atoms with Gasteiger partial charge in [0.2, 0.25) is 5.95 Å². The van der Waals surface area contributed by atoms with Crippen molar-refractivity contribution in [2.24, 2.45) is 0 Å². The minimum Gasteiger partial charge on any atom is -0.321 e. The molecule has 0 radical (unpaired) electrons. The third-order valence-corrected chi connectivity index (χ3v) is 6.16. The van der Waals surface area contributed by atoms with Gasteiger partial charge < -0.3 is 5.32 Å². The Morgan fingerprint density at radius 3 is 2.32 bits per heavy atom. The van der Waals surface area contributed by atoms with Crippen LogP contribution in [0.5, 0.6) is 0 Å². The molecule has 1 fully saturated rings. The molecule has 3 aromatic rings. The first-order chi connectivity index (χ1) is 14.6. The normalized spacial score (nSPS) is 14.3. The second-order valence-electron chi connectivity index (χ2n) is 8.47. The zero-order chi connectivity index (χ0) is 22.2. The molecule has 0 atom stereocenters. The third kappa shape index (κ3) is 4.74. The number of benzene rings is 1. The molecule has 1 amide bonds. The number of carbonyl (C=O) groups is 1. The Kier molecular flexibility index (Phi) is 5.26. The van der Waals surface area contributed by atoms with Crippen LogP contribution in [-0.2, 0) is 15.6 Å². The molecule has 1 saturated carbocycles. The van der Waals surface area contributed by atoms with Crippen LogP contribution in [0, 0.1) is 0 Å². The maximum atomic E-state index is 12.7. The van der Waals surface area contributed by atoms with E-state index in [-0.39, 0.29) is 22.3 Å². The monoisotopic (exact) mass is 440 g/mol. The molecule has 0 saturated heterocycles. The van der Waals surface area contributed by atoms with E-state index < -0.39 is 10.0 Å². The summed E-state index contributed by atoms with van der Waals surface area (Å²) in [4.78, 5) is 20.5. The Hall–Kier alpha value is -3.27. The zero-order valence-corrected chi connectivity index (χ0v) is 18.3. The molecule has 4 rings (SSSR count). The lowest BCUT2D eigenvalue weighted by atomic mass is 10.1. The first-order valence-corrected chi connectivity index (χ1v) is 11.4. The largest absolute Gasteiger partial charge is 0.321 e. The van der Waals surface area contributed by atoms with Crippen LogP contribution in [0.2, 0.25) is 0 Å². The van der Waals surface area contributed by atoms with E-state index in [4.69, 9.17) is 0 Å². The van der Waals surface area contributed by atoms with Crippen LogP contribution in [0.4, 0.5) is 11.6 Å². The average molecular weight is 441 g/mol. The smallest absolute Gasteiger partial charge is 0.276 e. The molecule has 31 heavy (non-hydrogen) atoms. The van der Waals surface area contributed by atoms with E-state index in [1.54, 1.807) is 6.07 Å². The molecule has 0 spiro atoms. The van der Waals surface area contributed by atoms with E-state index in [9.17, 15) is 13.2 Å². The van der Waals surface area contributed by atoms with Gasteiger partial charge in [0, 0.05) is 29.7 Å². The van der Waals surface area contributed by atoms with Gasteiger partial charge >= 0.3 is 0 Å². The van der Waals surface area contributed by atoms with Crippen molar-refractivity contribution in [1.29, 1.82) is 0 Å². The molecule has 1 aromatic carbocycles. The molecule has 0 aliphatic heterocycles. The van der Waals surface area contributed by atoms with Crippen LogP contribution >= 0.6 is 0 Å². The van der Waals surface area contributed by atoms with Crippen LogP contribution in [-0.4, -0.2) is 34.1 Å². The molecule has 2 N–H and O–H groups in total. The van der Waals surface area contributed by atoms with Gasteiger partial charge in [-0.15, -0.1) is 0 Å². The molecule has 1 aliphatic carbocycles. The quantitative estimate of drug-likeness (QED) is 0.607. The first-order valence-electron chi connectivity index (χ1n) is 9.95. The summed E-state index contributed by atoms with van der Waals surface area (Å²) in [6, 6.07) is 9.31. The lowest BCUT2D eigenvalue weighted by molar-refractivity contribution is 0.102. The fourth-order valence-corrected chi connectivity index (χ4v) is 4.12. The molecular weight excluding hydrogens is 416 g/mol. The van der Waals surface area contributed by atoms with Gasteiger partial charge in [-0.3, -0.25) is 9.48 Å². The molecule has 2 aromatic heterocycles. The van der Waals surface area contributed by atoms with E-state index in [1.165, 1.54) is 36.7 Å². The summed E-state index contributed by atoms with van der Waals surface area (Å²) >= 11 is 0. The molecule has 1 aliphatic rings. The fraction of sp³-hybridized carbons (Fsp3) is 0.333. The van der Waals surface area contributed by atoms with Crippen molar-refractivity contribution in [2.75, 3.05) is 10.0 Å². The Morgan fingerprint density at radius 1 is 1.10 bits per heavy atom. The molecular formula is C21H24N6O3S. The minimum atomic E-state index is -3.84. The highest BCUT2D eigenvalue weighted by Gasteiger charge is 2.32. The summed E-state index contributed by atoms with van der Waals surface area (Å²) in [6.45, 7) is 6.17. The number of aromatic nitrogens is 4. The number of amides is 1. The van der Waals surface area contributed by atoms with Crippen LogP contribution in [0.1, 0.15) is 55.7 Å². The molecule has 10 heteroatoms. The van der Waals surface area contributed by atoms with Crippen molar-refractivity contribution in [2.45, 2.75) is 50.0 Å². The summed E-state index contributed by atoms with van der Waals surface area (Å²) in [5, 5.41) is 7.31. The van der Waals surface area contributed by atoms with Crippen LogP contribution in [0.3, 0.4) is 0 Å². The van der Waals surface area contributed by atoms with Gasteiger partial charge in [0.25, 0.3) is 15.9 Å². The van der Waals surface area contributed by atoms with Crippen molar-refractivity contribution in [3.63, 3.8) is 0 Å². The molecule has 162 valence electrons. The Morgan fingerprint density at radius 2 is 1.74 bits per heavy atom. The Balaban J connectivity index is 1.49. The van der Waals surface area contributed by atoms with Crippen molar-refractivity contribution >= 4 is 27.6 Å². The van der Waals surface area contributed by atoms with Gasteiger partial charge in [0.1, 0.15) is 0 Å². The highest BCUT2D eigenvalue weighted by molar-refractivity contribution is 7.92. The van der Waals surface area contributed by atoms with E-state index in [0.29, 0.717) is 17.3 Å². The maximum Gasteiger partial charge on any atom is 0.276 e. The number of hydrogen-bond donors (Lipinski definition) is 2. The van der Waals surface area contributed by atoms with Gasteiger partial charge in [-0.25, -0.2) is 23.1 Å². The number of carbonyl (C=O) groups excluding carboxylic acids is 1. The summed E-state index contributed by atoms with van der Waals surface area (Å²) < 4.78 is 29.2. The second kappa shape index (κ2) is 7.77. The van der Waals surface area contributed by atoms with Crippen molar-refractivity contribution in [3.8, 4) is 0 Å². The van der Waals surface area contributed by atoms with Crippen LogP contribution in [0.15, 0.2) is 53.7 Å². The topological polar surface area (TPSA) is 119 Å². The number of nitrogens with one attached hydrogen (secondary N) is 2. The lowest BCUT2D eigenvalue weighted by Gasteiger charge is -2.22. The number of sulfonamides is 1. The molecule has 9 nitrogen and oxygen atoms in total. The van der Waals surface area contributed by atoms with Crippen molar-refractivity contribution in [3.05, 3.63) is 60.2 Å². The van der Waals surface area contributed by atoms with E-state index >= 15 is 0 Å². The van der Waals surface area contributed by atoms with Crippen molar-refractivity contribution in [1.82, 2.24) is 19.7 Å². The van der Waals surface area contributed by atoms with Crippen molar-refractivity contribution < 1.29 is 13.2 Å². The fourth-order valence-electron chi connectivity index (χ4n) is 3.16. The van der Waals surface area contributed by atoms with E-state index in [1.807, 2.05) is 10.7 Å². The van der Waals surface area contributed by atoms with Crippen LogP contribution in [0.25, 0.3) is 0 Å². The zero-order valence-electron chi connectivity index (χ0n) is 17.5. The molecule has 0 bridgehead atoms. The Labute approximate surface area is 181 Å². The highest BCUT2D eigenvalue weighted by Crippen LogP contribution is 2.41. The lowest BCUT2D eigenvalue weighted by Crippen LogP contribution is -2.25. The SMILES string of the molecule is CC(C)(C)n1nc(C(=O)Nc2ccc(S(=O)(=O)Nc3ncccn3)cc2)cc1C1CC1. The summed E-state index contributed by atoms with van der Waals surface area (Å²) in [5.41, 5.74) is 1.67. The van der Waals surface area contributed by atoms with Crippen LogP contribution < -0.4 is 10.0 Å². The predicted octanol–water partition coefficient (Wildman–Crippen LogP) is 3.36. The first kappa shape index (κ1) is 21.0. The molecule has 0 unspecified atom stereocenters.